The second-order valence-corrected chi connectivity index (χ2v) is 7.98. The maximum atomic E-state index is 11.2. The average Bonchev–Trinajstić information content (AvgIpc) is 3.12. The summed E-state index contributed by atoms with van der Waals surface area (Å²) in [5.74, 6) is 1.09. The van der Waals surface area contributed by atoms with Gasteiger partial charge in [-0.15, -0.1) is 5.48 Å². The Morgan fingerprint density at radius 3 is 2.63 bits per heavy atom. The van der Waals surface area contributed by atoms with E-state index in [4.69, 9.17) is 4.84 Å². The van der Waals surface area contributed by atoms with Crippen molar-refractivity contribution < 1.29 is 14.7 Å². The van der Waals surface area contributed by atoms with Crippen LogP contribution in [0.15, 0.2) is 4.99 Å². The van der Waals surface area contributed by atoms with E-state index in [0.717, 1.165) is 25.3 Å². The molecule has 6 heteroatoms. The van der Waals surface area contributed by atoms with Crippen LogP contribution in [-0.2, 0) is 9.63 Å². The van der Waals surface area contributed by atoms with Gasteiger partial charge < -0.3 is 15.3 Å². The Hall–Kier alpha value is -1.14. The standard InChI is InChI=1S/C19H35N3O3.C2H6/c1-14(2)12-20-13-17-21-19(25-22-17)16(11-18(23)24)10-6-9-15-7-4-3-5-8-15;1-2/h14-17,20,22H,3-13H2,1-2H3,(H,23,24);1-2H3/t16-,17?;/m1./s1. The van der Waals surface area contributed by atoms with Gasteiger partial charge in [-0.2, -0.15) is 0 Å². The van der Waals surface area contributed by atoms with Crippen molar-refractivity contribution >= 4 is 11.9 Å². The molecule has 1 saturated carbocycles. The molecule has 0 aromatic carbocycles. The van der Waals surface area contributed by atoms with E-state index in [9.17, 15) is 9.90 Å². The first-order valence-corrected chi connectivity index (χ1v) is 11.0. The lowest BCUT2D eigenvalue weighted by Crippen LogP contribution is -2.35. The van der Waals surface area contributed by atoms with E-state index >= 15 is 0 Å². The molecule has 2 rings (SSSR count). The number of hydroxylamine groups is 1. The highest BCUT2D eigenvalue weighted by molar-refractivity contribution is 5.83. The Labute approximate surface area is 165 Å². The molecule has 0 amide bonds. The number of rotatable bonds is 11. The van der Waals surface area contributed by atoms with E-state index in [1.165, 1.54) is 38.5 Å². The topological polar surface area (TPSA) is 83.0 Å². The summed E-state index contributed by atoms with van der Waals surface area (Å²) in [5.41, 5.74) is 2.91. The molecule has 1 aliphatic carbocycles. The van der Waals surface area contributed by atoms with Crippen LogP contribution in [0.5, 0.6) is 0 Å². The third kappa shape index (κ3) is 10.1. The maximum absolute atomic E-state index is 11.2. The molecule has 158 valence electrons. The average molecular weight is 384 g/mol. The van der Waals surface area contributed by atoms with Gasteiger partial charge in [-0.25, -0.2) is 4.99 Å². The molecule has 1 aliphatic heterocycles. The number of carboxylic acid groups (broad SMARTS) is 1. The van der Waals surface area contributed by atoms with Crippen LogP contribution in [-0.4, -0.2) is 36.2 Å². The first-order chi connectivity index (χ1) is 13.0. The summed E-state index contributed by atoms with van der Waals surface area (Å²) >= 11 is 0. The molecule has 1 heterocycles. The number of aliphatic imine (C=N–C) groups is 1. The maximum Gasteiger partial charge on any atom is 0.304 e. The van der Waals surface area contributed by atoms with Gasteiger partial charge >= 0.3 is 5.97 Å². The number of hydrogen-bond donors (Lipinski definition) is 3. The zero-order valence-electron chi connectivity index (χ0n) is 17.8. The summed E-state index contributed by atoms with van der Waals surface area (Å²) in [5, 5.41) is 12.6. The molecule has 0 spiro atoms. The lowest BCUT2D eigenvalue weighted by atomic mass is 9.84. The summed E-state index contributed by atoms with van der Waals surface area (Å²) in [6.45, 7) is 9.96. The third-order valence-electron chi connectivity index (χ3n) is 5.13. The zero-order chi connectivity index (χ0) is 20.1. The number of nitrogens with zero attached hydrogens (tertiary/aromatic N) is 1. The van der Waals surface area contributed by atoms with Crippen molar-refractivity contribution in [3.8, 4) is 0 Å². The number of carbonyl (C=O) groups is 1. The van der Waals surface area contributed by atoms with Gasteiger partial charge in [0.2, 0.25) is 5.90 Å². The van der Waals surface area contributed by atoms with Gasteiger partial charge in [-0.1, -0.05) is 72.6 Å². The zero-order valence-corrected chi connectivity index (χ0v) is 17.8. The van der Waals surface area contributed by atoms with Gasteiger partial charge in [0, 0.05) is 12.5 Å². The van der Waals surface area contributed by atoms with Crippen LogP contribution < -0.4 is 10.8 Å². The van der Waals surface area contributed by atoms with Crippen molar-refractivity contribution in [3.63, 3.8) is 0 Å². The Morgan fingerprint density at radius 2 is 2.00 bits per heavy atom. The highest BCUT2D eigenvalue weighted by Gasteiger charge is 2.28. The molecular formula is C21H41N3O3. The van der Waals surface area contributed by atoms with E-state index in [1.54, 1.807) is 0 Å². The summed E-state index contributed by atoms with van der Waals surface area (Å²) < 4.78 is 0. The van der Waals surface area contributed by atoms with Crippen LogP contribution >= 0.6 is 0 Å². The van der Waals surface area contributed by atoms with Crippen LogP contribution in [0.3, 0.4) is 0 Å². The molecule has 0 radical (unpaired) electrons. The molecule has 0 aromatic heterocycles. The fourth-order valence-corrected chi connectivity index (χ4v) is 3.77. The normalized spacial score (nSPS) is 21.2. The molecule has 6 nitrogen and oxygen atoms in total. The molecule has 2 atom stereocenters. The Morgan fingerprint density at radius 1 is 1.30 bits per heavy atom. The van der Waals surface area contributed by atoms with Gasteiger partial charge in [-0.3, -0.25) is 4.79 Å². The quantitative estimate of drug-likeness (QED) is 0.494. The molecular weight excluding hydrogens is 342 g/mol. The van der Waals surface area contributed by atoms with E-state index in [2.05, 4.69) is 29.6 Å². The highest BCUT2D eigenvalue weighted by Crippen LogP contribution is 2.29. The van der Waals surface area contributed by atoms with Crippen LogP contribution in [0.4, 0.5) is 0 Å². The molecule has 0 saturated heterocycles. The Balaban J connectivity index is 0.00000176. The Kier molecular flexibility index (Phi) is 12.3. The minimum absolute atomic E-state index is 0.0946. The van der Waals surface area contributed by atoms with Gasteiger partial charge in [0.15, 0.2) is 0 Å². The van der Waals surface area contributed by atoms with E-state index in [-0.39, 0.29) is 18.5 Å². The summed E-state index contributed by atoms with van der Waals surface area (Å²) in [4.78, 5) is 21.3. The SMILES string of the molecule is CC.CC(C)CNCC1N=C([C@H](CCCC2CCCCC2)CC(=O)O)ON1. The largest absolute Gasteiger partial charge is 0.481 e. The van der Waals surface area contributed by atoms with E-state index in [0.29, 0.717) is 18.4 Å². The lowest BCUT2D eigenvalue weighted by Gasteiger charge is -2.22. The third-order valence-corrected chi connectivity index (χ3v) is 5.13. The summed E-state index contributed by atoms with van der Waals surface area (Å²) in [7, 11) is 0. The molecule has 1 unspecified atom stereocenters. The van der Waals surface area contributed by atoms with Gasteiger partial charge in [0.25, 0.3) is 0 Å². The Bertz CT molecular complexity index is 434. The lowest BCUT2D eigenvalue weighted by molar-refractivity contribution is -0.137. The number of aliphatic carboxylic acids is 1. The molecule has 2 aliphatic rings. The highest BCUT2D eigenvalue weighted by atomic mass is 16.7. The second-order valence-electron chi connectivity index (χ2n) is 7.98. The number of carboxylic acids is 1. The van der Waals surface area contributed by atoms with Crippen molar-refractivity contribution in [2.45, 2.75) is 91.6 Å². The molecule has 1 fully saturated rings. The van der Waals surface area contributed by atoms with Crippen molar-refractivity contribution in [1.29, 1.82) is 0 Å². The molecule has 27 heavy (non-hydrogen) atoms. The van der Waals surface area contributed by atoms with Gasteiger partial charge in [-0.05, 0) is 24.8 Å². The second kappa shape index (κ2) is 13.9. The number of nitrogens with one attached hydrogen (secondary N) is 2. The predicted octanol–water partition coefficient (Wildman–Crippen LogP) is 4.36. The monoisotopic (exact) mass is 383 g/mol. The fourth-order valence-electron chi connectivity index (χ4n) is 3.77. The van der Waals surface area contributed by atoms with Crippen molar-refractivity contribution in [2.75, 3.05) is 13.1 Å². The first-order valence-electron chi connectivity index (χ1n) is 11.0. The van der Waals surface area contributed by atoms with Gasteiger partial charge in [0.05, 0.1) is 6.42 Å². The molecule has 0 bridgehead atoms. The number of hydrogen-bond acceptors (Lipinski definition) is 5. The fraction of sp³-hybridized carbons (Fsp3) is 0.905. The van der Waals surface area contributed by atoms with E-state index in [1.807, 2.05) is 13.8 Å². The summed E-state index contributed by atoms with van der Waals surface area (Å²) in [6, 6.07) is 0. The van der Waals surface area contributed by atoms with Crippen LogP contribution in [0, 0.1) is 17.8 Å². The van der Waals surface area contributed by atoms with Crippen molar-refractivity contribution in [3.05, 3.63) is 0 Å². The molecule has 3 N–H and O–H groups in total. The predicted molar refractivity (Wildman–Crippen MR) is 111 cm³/mol. The van der Waals surface area contributed by atoms with Crippen molar-refractivity contribution in [2.24, 2.45) is 22.7 Å². The van der Waals surface area contributed by atoms with Gasteiger partial charge in [0.1, 0.15) is 6.17 Å². The van der Waals surface area contributed by atoms with Crippen LogP contribution in [0.25, 0.3) is 0 Å². The molecule has 0 aromatic rings. The summed E-state index contributed by atoms with van der Waals surface area (Å²) in [6.07, 6.45) is 9.84. The van der Waals surface area contributed by atoms with Crippen LogP contribution in [0.1, 0.15) is 85.5 Å². The van der Waals surface area contributed by atoms with Crippen LogP contribution in [0.2, 0.25) is 0 Å². The van der Waals surface area contributed by atoms with Crippen molar-refractivity contribution in [1.82, 2.24) is 10.8 Å². The minimum atomic E-state index is -0.782. The minimum Gasteiger partial charge on any atom is -0.481 e. The van der Waals surface area contributed by atoms with E-state index < -0.39 is 5.97 Å². The smallest absolute Gasteiger partial charge is 0.304 e. The first kappa shape index (κ1) is 23.9.